The largest absolute Gasteiger partial charge is 0.485 e. The number of carbonyl (C=O) groups excluding carboxylic acids is 1. The molecule has 1 aromatic heterocycles. The Hall–Kier alpha value is -2.56. The number of aldehydes is 1. The molecule has 0 spiro atoms. The van der Waals surface area contributed by atoms with E-state index in [1.165, 1.54) is 0 Å². The van der Waals surface area contributed by atoms with Crippen molar-refractivity contribution < 1.29 is 19.0 Å². The molecule has 0 radical (unpaired) electrons. The molecule has 1 unspecified atom stereocenters. The van der Waals surface area contributed by atoms with E-state index >= 15 is 0 Å². The van der Waals surface area contributed by atoms with Gasteiger partial charge in [0.05, 0.1) is 7.11 Å². The number of methoxy groups -OCH3 is 1. The number of ether oxygens (including phenoxy) is 3. The van der Waals surface area contributed by atoms with Crippen molar-refractivity contribution >= 4 is 6.29 Å². The van der Waals surface area contributed by atoms with Gasteiger partial charge in [-0.05, 0) is 24.3 Å². The number of hydrogen-bond acceptors (Lipinski definition) is 5. The van der Waals surface area contributed by atoms with Gasteiger partial charge in [-0.1, -0.05) is 0 Å². The average molecular weight is 271 g/mol. The lowest BCUT2D eigenvalue weighted by Crippen LogP contribution is -2.21. The second-order valence-corrected chi connectivity index (χ2v) is 4.38. The van der Waals surface area contributed by atoms with Crippen LogP contribution in [0.3, 0.4) is 0 Å². The van der Waals surface area contributed by atoms with Crippen molar-refractivity contribution in [2.75, 3.05) is 13.7 Å². The van der Waals surface area contributed by atoms with Gasteiger partial charge in [-0.3, -0.25) is 4.79 Å². The van der Waals surface area contributed by atoms with Gasteiger partial charge in [0.1, 0.15) is 12.9 Å². The third kappa shape index (κ3) is 2.30. The highest BCUT2D eigenvalue weighted by molar-refractivity contribution is 5.76. The number of carbonyl (C=O) groups is 1. The van der Waals surface area contributed by atoms with Gasteiger partial charge in [-0.2, -0.15) is 0 Å². The number of pyridine rings is 1. The molecule has 1 atom stereocenters. The van der Waals surface area contributed by atoms with Gasteiger partial charge in [-0.15, -0.1) is 0 Å². The van der Waals surface area contributed by atoms with Crippen molar-refractivity contribution in [3.05, 3.63) is 47.7 Å². The van der Waals surface area contributed by atoms with E-state index in [2.05, 4.69) is 4.98 Å². The van der Waals surface area contributed by atoms with E-state index in [1.807, 2.05) is 6.07 Å². The molecule has 0 saturated heterocycles. The van der Waals surface area contributed by atoms with Crippen molar-refractivity contribution in [3.63, 3.8) is 0 Å². The molecule has 5 nitrogen and oxygen atoms in total. The summed E-state index contributed by atoms with van der Waals surface area (Å²) in [6, 6.07) is 8.78. The summed E-state index contributed by atoms with van der Waals surface area (Å²) in [5.74, 6) is 1.77. The van der Waals surface area contributed by atoms with Gasteiger partial charge in [-0.25, -0.2) is 4.98 Å². The monoisotopic (exact) mass is 271 g/mol. The first kappa shape index (κ1) is 12.5. The van der Waals surface area contributed by atoms with Gasteiger partial charge in [0.2, 0.25) is 5.88 Å². The fourth-order valence-electron chi connectivity index (χ4n) is 2.03. The SMILES string of the molecule is COc1ccc(C2COc3cc(C=O)ccc3O2)cn1. The third-order valence-corrected chi connectivity index (χ3v) is 3.10. The molecular weight excluding hydrogens is 258 g/mol. The van der Waals surface area contributed by atoms with E-state index in [9.17, 15) is 4.79 Å². The van der Waals surface area contributed by atoms with Crippen molar-refractivity contribution in [2.45, 2.75) is 6.10 Å². The van der Waals surface area contributed by atoms with Gasteiger partial charge in [0, 0.05) is 23.4 Å². The number of rotatable bonds is 3. The summed E-state index contributed by atoms with van der Waals surface area (Å²) >= 11 is 0. The topological polar surface area (TPSA) is 57.7 Å². The van der Waals surface area contributed by atoms with Crippen molar-refractivity contribution in [1.82, 2.24) is 4.98 Å². The predicted molar refractivity (Wildman–Crippen MR) is 71.5 cm³/mol. The minimum Gasteiger partial charge on any atom is -0.485 e. The number of aromatic nitrogens is 1. The molecule has 0 fully saturated rings. The maximum atomic E-state index is 10.7. The molecule has 1 aliphatic rings. The minimum atomic E-state index is -0.219. The van der Waals surface area contributed by atoms with Crippen LogP contribution in [-0.2, 0) is 0 Å². The first-order chi connectivity index (χ1) is 9.80. The molecule has 20 heavy (non-hydrogen) atoms. The molecule has 3 rings (SSSR count). The zero-order valence-corrected chi connectivity index (χ0v) is 10.9. The highest BCUT2D eigenvalue weighted by atomic mass is 16.6. The average Bonchev–Trinajstić information content (AvgIpc) is 2.54. The molecule has 0 N–H and O–H groups in total. The lowest BCUT2D eigenvalue weighted by molar-refractivity contribution is 0.0907. The Morgan fingerprint density at radius 1 is 1.30 bits per heavy atom. The van der Waals surface area contributed by atoms with E-state index in [4.69, 9.17) is 14.2 Å². The van der Waals surface area contributed by atoms with Crippen LogP contribution in [-0.4, -0.2) is 25.0 Å². The minimum absolute atomic E-state index is 0.219. The van der Waals surface area contributed by atoms with Crippen molar-refractivity contribution in [2.24, 2.45) is 0 Å². The van der Waals surface area contributed by atoms with Crippen molar-refractivity contribution in [1.29, 1.82) is 0 Å². The van der Waals surface area contributed by atoms with Crippen LogP contribution in [0.2, 0.25) is 0 Å². The normalized spacial score (nSPS) is 16.6. The Labute approximate surface area is 116 Å². The van der Waals surface area contributed by atoms with Crippen LogP contribution in [0.15, 0.2) is 36.5 Å². The first-order valence-electron chi connectivity index (χ1n) is 6.19. The number of benzene rings is 1. The summed E-state index contributed by atoms with van der Waals surface area (Å²) < 4.78 is 16.5. The Balaban J connectivity index is 1.82. The Morgan fingerprint density at radius 3 is 2.90 bits per heavy atom. The zero-order valence-electron chi connectivity index (χ0n) is 10.9. The Morgan fingerprint density at radius 2 is 2.20 bits per heavy atom. The summed E-state index contributed by atoms with van der Waals surface area (Å²) in [5, 5.41) is 0. The quantitative estimate of drug-likeness (QED) is 0.802. The second-order valence-electron chi connectivity index (χ2n) is 4.38. The molecule has 0 bridgehead atoms. The lowest BCUT2D eigenvalue weighted by Gasteiger charge is -2.26. The van der Waals surface area contributed by atoms with Gasteiger partial charge >= 0.3 is 0 Å². The second kappa shape index (κ2) is 5.21. The van der Waals surface area contributed by atoms with Crippen LogP contribution in [0.1, 0.15) is 22.0 Å². The molecule has 2 aromatic rings. The zero-order chi connectivity index (χ0) is 13.9. The van der Waals surface area contributed by atoms with Gasteiger partial charge < -0.3 is 14.2 Å². The van der Waals surface area contributed by atoms with E-state index in [1.54, 1.807) is 37.6 Å². The number of hydrogen-bond donors (Lipinski definition) is 0. The molecule has 5 heteroatoms. The summed E-state index contributed by atoms with van der Waals surface area (Å²) in [6.07, 6.45) is 2.27. The Kier molecular flexibility index (Phi) is 3.25. The number of fused-ring (bicyclic) bond motifs is 1. The molecular formula is C15H13NO4. The first-order valence-corrected chi connectivity index (χ1v) is 6.19. The van der Waals surface area contributed by atoms with Crippen LogP contribution in [0.4, 0.5) is 0 Å². The lowest BCUT2D eigenvalue weighted by atomic mass is 10.1. The Bertz CT molecular complexity index is 624. The molecule has 1 aliphatic heterocycles. The van der Waals surface area contributed by atoms with E-state index < -0.39 is 0 Å². The number of nitrogens with zero attached hydrogens (tertiary/aromatic N) is 1. The fraction of sp³-hybridized carbons (Fsp3) is 0.200. The summed E-state index contributed by atoms with van der Waals surface area (Å²) in [6.45, 7) is 0.378. The standard InChI is InChI=1S/C15H13NO4/c1-18-15-5-3-11(7-16-15)14-9-19-13-6-10(8-17)2-4-12(13)20-14/h2-8,14H,9H2,1H3. The molecule has 0 aliphatic carbocycles. The molecule has 2 heterocycles. The smallest absolute Gasteiger partial charge is 0.212 e. The maximum absolute atomic E-state index is 10.7. The molecule has 102 valence electrons. The highest BCUT2D eigenvalue weighted by Crippen LogP contribution is 2.36. The molecule has 0 amide bonds. The van der Waals surface area contributed by atoms with Crippen LogP contribution in [0.5, 0.6) is 17.4 Å². The van der Waals surface area contributed by atoms with E-state index in [0.29, 0.717) is 29.5 Å². The molecule has 1 aromatic carbocycles. The van der Waals surface area contributed by atoms with E-state index in [0.717, 1.165) is 11.8 Å². The predicted octanol–water partition coefficient (Wildman–Crippen LogP) is 2.42. The summed E-state index contributed by atoms with van der Waals surface area (Å²) in [5.41, 5.74) is 1.48. The third-order valence-electron chi connectivity index (χ3n) is 3.10. The van der Waals surface area contributed by atoms with E-state index in [-0.39, 0.29) is 6.10 Å². The molecule has 0 saturated carbocycles. The fourth-order valence-corrected chi connectivity index (χ4v) is 2.03. The van der Waals surface area contributed by atoms with Crippen LogP contribution in [0, 0.1) is 0 Å². The summed E-state index contributed by atoms with van der Waals surface area (Å²) in [4.78, 5) is 14.9. The highest BCUT2D eigenvalue weighted by Gasteiger charge is 2.23. The van der Waals surface area contributed by atoms with Crippen molar-refractivity contribution in [3.8, 4) is 17.4 Å². The van der Waals surface area contributed by atoms with Gasteiger partial charge in [0.15, 0.2) is 17.6 Å². The summed E-state index contributed by atoms with van der Waals surface area (Å²) in [7, 11) is 1.57. The van der Waals surface area contributed by atoms with Crippen LogP contribution >= 0.6 is 0 Å². The van der Waals surface area contributed by atoms with Gasteiger partial charge in [0.25, 0.3) is 0 Å². The van der Waals surface area contributed by atoms with Crippen LogP contribution < -0.4 is 14.2 Å². The maximum Gasteiger partial charge on any atom is 0.212 e. The van der Waals surface area contributed by atoms with Crippen LogP contribution in [0.25, 0.3) is 0 Å².